The Bertz CT molecular complexity index is 327. The second-order valence-electron chi connectivity index (χ2n) is 3.96. The van der Waals surface area contributed by atoms with Crippen molar-refractivity contribution in [2.75, 3.05) is 13.2 Å². The molecule has 0 bridgehead atoms. The molecular weight excluding hydrogens is 218 g/mol. The highest BCUT2D eigenvalue weighted by molar-refractivity contribution is 5.76. The third kappa shape index (κ3) is 5.47. The maximum Gasteiger partial charge on any atom is 0.220 e. The summed E-state index contributed by atoms with van der Waals surface area (Å²) in [5.74, 6) is -0.131. The third-order valence-corrected chi connectivity index (χ3v) is 2.47. The van der Waals surface area contributed by atoms with Crippen molar-refractivity contribution in [3.05, 3.63) is 35.9 Å². The van der Waals surface area contributed by atoms with Crippen molar-refractivity contribution in [3.63, 3.8) is 0 Å². The van der Waals surface area contributed by atoms with E-state index in [0.717, 1.165) is 5.56 Å². The lowest BCUT2D eigenvalue weighted by molar-refractivity contribution is -0.122. The molecule has 0 spiro atoms. The number of nitrogens with one attached hydrogen (secondary N) is 1. The first-order valence-electron chi connectivity index (χ1n) is 5.81. The number of aliphatic hydroxyl groups is 2. The average molecular weight is 237 g/mol. The van der Waals surface area contributed by atoms with Crippen LogP contribution in [0.2, 0.25) is 0 Å². The van der Waals surface area contributed by atoms with Gasteiger partial charge in [0.15, 0.2) is 0 Å². The molecule has 0 heterocycles. The van der Waals surface area contributed by atoms with Gasteiger partial charge in [0.2, 0.25) is 5.91 Å². The van der Waals surface area contributed by atoms with Crippen LogP contribution in [0.1, 0.15) is 18.4 Å². The Balaban J connectivity index is 2.41. The van der Waals surface area contributed by atoms with Crippen molar-refractivity contribution in [2.24, 2.45) is 0 Å². The van der Waals surface area contributed by atoms with Gasteiger partial charge in [-0.15, -0.1) is 0 Å². The largest absolute Gasteiger partial charge is 0.396 e. The number of carbonyl (C=O) groups is 1. The zero-order valence-electron chi connectivity index (χ0n) is 9.80. The fourth-order valence-electron chi connectivity index (χ4n) is 1.60. The molecule has 94 valence electrons. The van der Waals surface area contributed by atoms with Gasteiger partial charge in [-0.25, -0.2) is 0 Å². The topological polar surface area (TPSA) is 69.6 Å². The van der Waals surface area contributed by atoms with Crippen LogP contribution in [-0.2, 0) is 11.2 Å². The molecule has 0 saturated heterocycles. The second-order valence-corrected chi connectivity index (χ2v) is 3.96. The van der Waals surface area contributed by atoms with Crippen LogP contribution in [0, 0.1) is 0 Å². The van der Waals surface area contributed by atoms with E-state index < -0.39 is 0 Å². The zero-order valence-corrected chi connectivity index (χ0v) is 9.80. The Hall–Kier alpha value is -1.39. The van der Waals surface area contributed by atoms with Crippen molar-refractivity contribution in [1.82, 2.24) is 5.32 Å². The summed E-state index contributed by atoms with van der Waals surface area (Å²) in [6.45, 7) is -0.0738. The molecule has 0 saturated carbocycles. The standard InChI is InChI=1S/C13H19NO3/c15-8-4-7-13(17)14-12(10-16)9-11-5-2-1-3-6-11/h1-3,5-6,12,15-16H,4,7-10H2,(H,14,17)/t12-/m1/s1. The van der Waals surface area contributed by atoms with E-state index in [1.165, 1.54) is 0 Å². The molecule has 0 aromatic heterocycles. The number of rotatable bonds is 7. The van der Waals surface area contributed by atoms with Gasteiger partial charge in [0.05, 0.1) is 12.6 Å². The maximum atomic E-state index is 11.4. The van der Waals surface area contributed by atoms with E-state index >= 15 is 0 Å². The Morgan fingerprint density at radius 2 is 1.94 bits per heavy atom. The van der Waals surface area contributed by atoms with Gasteiger partial charge >= 0.3 is 0 Å². The number of hydrogen-bond acceptors (Lipinski definition) is 3. The fourth-order valence-corrected chi connectivity index (χ4v) is 1.60. The van der Waals surface area contributed by atoms with Crippen molar-refractivity contribution in [2.45, 2.75) is 25.3 Å². The molecule has 0 unspecified atom stereocenters. The molecule has 0 fully saturated rings. The molecule has 1 rings (SSSR count). The van der Waals surface area contributed by atoms with Gasteiger partial charge in [0.1, 0.15) is 0 Å². The summed E-state index contributed by atoms with van der Waals surface area (Å²) >= 11 is 0. The van der Waals surface area contributed by atoms with E-state index in [9.17, 15) is 9.90 Å². The minimum absolute atomic E-state index is 0.00982. The number of aliphatic hydroxyl groups excluding tert-OH is 2. The highest BCUT2D eigenvalue weighted by atomic mass is 16.3. The lowest BCUT2D eigenvalue weighted by Crippen LogP contribution is -2.39. The summed E-state index contributed by atoms with van der Waals surface area (Å²) in [5.41, 5.74) is 1.08. The van der Waals surface area contributed by atoms with Crippen molar-refractivity contribution >= 4 is 5.91 Å². The molecule has 4 nitrogen and oxygen atoms in total. The van der Waals surface area contributed by atoms with Crippen LogP contribution in [0.15, 0.2) is 30.3 Å². The fraction of sp³-hybridized carbons (Fsp3) is 0.462. The molecule has 0 aliphatic rings. The molecule has 0 radical (unpaired) electrons. The first-order chi connectivity index (χ1) is 8.26. The predicted molar refractivity (Wildman–Crippen MR) is 65.5 cm³/mol. The summed E-state index contributed by atoms with van der Waals surface area (Å²) in [6.07, 6.45) is 1.36. The lowest BCUT2D eigenvalue weighted by Gasteiger charge is -2.16. The normalized spacial score (nSPS) is 12.1. The third-order valence-electron chi connectivity index (χ3n) is 2.47. The van der Waals surface area contributed by atoms with Crippen molar-refractivity contribution in [1.29, 1.82) is 0 Å². The summed E-state index contributed by atoms with van der Waals surface area (Å²) in [6, 6.07) is 9.44. The second kappa shape index (κ2) is 7.81. The molecule has 1 amide bonds. The van der Waals surface area contributed by atoms with Gasteiger partial charge in [0.25, 0.3) is 0 Å². The number of hydrogen-bond donors (Lipinski definition) is 3. The van der Waals surface area contributed by atoms with Gasteiger partial charge < -0.3 is 15.5 Å². The minimum atomic E-state index is -0.261. The monoisotopic (exact) mass is 237 g/mol. The van der Waals surface area contributed by atoms with Gasteiger partial charge in [-0.05, 0) is 18.4 Å². The highest BCUT2D eigenvalue weighted by Crippen LogP contribution is 2.03. The maximum absolute atomic E-state index is 11.4. The molecule has 1 atom stereocenters. The Morgan fingerprint density at radius 1 is 1.24 bits per heavy atom. The van der Waals surface area contributed by atoms with Crippen LogP contribution >= 0.6 is 0 Å². The molecule has 0 aliphatic heterocycles. The first kappa shape index (κ1) is 13.7. The quantitative estimate of drug-likeness (QED) is 0.646. The van der Waals surface area contributed by atoms with Crippen LogP contribution in [-0.4, -0.2) is 35.4 Å². The van der Waals surface area contributed by atoms with Gasteiger partial charge in [-0.3, -0.25) is 4.79 Å². The molecule has 1 aromatic rings. The summed E-state index contributed by atoms with van der Waals surface area (Å²) in [4.78, 5) is 11.4. The molecule has 1 aromatic carbocycles. The van der Waals surface area contributed by atoms with Crippen molar-refractivity contribution in [3.8, 4) is 0 Å². The average Bonchev–Trinajstić information content (AvgIpc) is 2.36. The lowest BCUT2D eigenvalue weighted by atomic mass is 10.1. The summed E-state index contributed by atoms with van der Waals surface area (Å²) in [5, 5.41) is 20.6. The molecule has 3 N–H and O–H groups in total. The molecule has 0 aliphatic carbocycles. The van der Waals surface area contributed by atoms with E-state index in [2.05, 4.69) is 5.32 Å². The first-order valence-corrected chi connectivity index (χ1v) is 5.81. The van der Waals surface area contributed by atoms with Crippen LogP contribution in [0.4, 0.5) is 0 Å². The number of benzene rings is 1. The predicted octanol–water partition coefficient (Wildman–Crippen LogP) is 0.479. The molecular formula is C13H19NO3. The zero-order chi connectivity index (χ0) is 12.5. The Labute approximate surface area is 101 Å². The van der Waals surface area contributed by atoms with Crippen LogP contribution in [0.25, 0.3) is 0 Å². The number of amides is 1. The van der Waals surface area contributed by atoms with E-state index in [1.807, 2.05) is 30.3 Å². The number of carbonyl (C=O) groups excluding carboxylic acids is 1. The summed E-state index contributed by atoms with van der Waals surface area (Å²) < 4.78 is 0. The van der Waals surface area contributed by atoms with E-state index in [1.54, 1.807) is 0 Å². The molecule has 4 heteroatoms. The van der Waals surface area contributed by atoms with E-state index in [-0.39, 0.29) is 25.2 Å². The van der Waals surface area contributed by atoms with Crippen molar-refractivity contribution < 1.29 is 15.0 Å². The van der Waals surface area contributed by atoms with E-state index in [4.69, 9.17) is 5.11 Å². The van der Waals surface area contributed by atoms with Crippen LogP contribution in [0.3, 0.4) is 0 Å². The Kier molecular flexibility index (Phi) is 6.29. The van der Waals surface area contributed by atoms with Crippen LogP contribution in [0.5, 0.6) is 0 Å². The SMILES string of the molecule is O=C(CCCO)N[C@@H](CO)Cc1ccccc1. The Morgan fingerprint density at radius 3 is 2.53 bits per heavy atom. The van der Waals surface area contributed by atoms with E-state index in [0.29, 0.717) is 19.3 Å². The summed E-state index contributed by atoms with van der Waals surface area (Å²) in [7, 11) is 0. The van der Waals surface area contributed by atoms with Gasteiger partial charge in [0, 0.05) is 13.0 Å². The van der Waals surface area contributed by atoms with Gasteiger partial charge in [-0.2, -0.15) is 0 Å². The van der Waals surface area contributed by atoms with Gasteiger partial charge in [-0.1, -0.05) is 30.3 Å². The van der Waals surface area contributed by atoms with Crippen LogP contribution < -0.4 is 5.32 Å². The molecule has 17 heavy (non-hydrogen) atoms. The highest BCUT2D eigenvalue weighted by Gasteiger charge is 2.11. The smallest absolute Gasteiger partial charge is 0.220 e. The minimum Gasteiger partial charge on any atom is -0.396 e.